The van der Waals surface area contributed by atoms with Crippen molar-refractivity contribution >= 4 is 11.8 Å². The molecule has 1 aromatic heterocycles. The van der Waals surface area contributed by atoms with Crippen LogP contribution in [0.1, 0.15) is 29.2 Å². The zero-order valence-electron chi connectivity index (χ0n) is 13.0. The van der Waals surface area contributed by atoms with Gasteiger partial charge in [0.1, 0.15) is 11.9 Å². The standard InChI is InChI=1S/C17H19N3O4/c18-15-6-7-20(17(23)19-15)13-8-12(10-21)14(9-13)24-16(22)11-4-2-1-3-5-11/h1-7,12-14,21H,8-10H2,(H2,18,19,23)/t12-,13-,14+/m0/s1. The van der Waals surface area contributed by atoms with Gasteiger partial charge in [-0.3, -0.25) is 4.57 Å². The van der Waals surface area contributed by atoms with Crippen molar-refractivity contribution in [1.82, 2.24) is 9.55 Å². The Kier molecular flexibility index (Phi) is 4.61. The first-order valence-corrected chi connectivity index (χ1v) is 7.80. The van der Waals surface area contributed by atoms with Gasteiger partial charge in [0.25, 0.3) is 0 Å². The molecule has 3 rings (SSSR count). The fourth-order valence-corrected chi connectivity index (χ4v) is 3.11. The number of nitrogens with zero attached hydrogens (tertiary/aromatic N) is 2. The Hall–Kier alpha value is -2.67. The van der Waals surface area contributed by atoms with Crippen molar-refractivity contribution in [2.24, 2.45) is 5.92 Å². The Balaban J connectivity index is 1.75. The van der Waals surface area contributed by atoms with Crippen LogP contribution in [0.15, 0.2) is 47.4 Å². The zero-order valence-corrected chi connectivity index (χ0v) is 13.0. The van der Waals surface area contributed by atoms with Gasteiger partial charge in [0, 0.05) is 31.2 Å². The minimum Gasteiger partial charge on any atom is -0.458 e. The van der Waals surface area contributed by atoms with Crippen molar-refractivity contribution in [1.29, 1.82) is 0 Å². The molecule has 1 saturated carbocycles. The lowest BCUT2D eigenvalue weighted by molar-refractivity contribution is 0.0127. The molecular weight excluding hydrogens is 310 g/mol. The van der Waals surface area contributed by atoms with Crippen LogP contribution < -0.4 is 11.4 Å². The maximum atomic E-state index is 12.2. The first-order chi connectivity index (χ1) is 11.6. The highest BCUT2D eigenvalue weighted by atomic mass is 16.5. The summed E-state index contributed by atoms with van der Waals surface area (Å²) in [5.41, 5.74) is 5.53. The molecule has 0 spiro atoms. The predicted octanol–water partition coefficient (Wildman–Crippen LogP) is 0.995. The molecule has 7 heteroatoms. The van der Waals surface area contributed by atoms with E-state index in [1.807, 2.05) is 6.07 Å². The van der Waals surface area contributed by atoms with Gasteiger partial charge >= 0.3 is 11.7 Å². The lowest BCUT2D eigenvalue weighted by Gasteiger charge is -2.17. The fraction of sp³-hybridized carbons (Fsp3) is 0.353. The number of carbonyl (C=O) groups is 1. The molecule has 0 bridgehead atoms. The summed E-state index contributed by atoms with van der Waals surface area (Å²) >= 11 is 0. The van der Waals surface area contributed by atoms with Crippen LogP contribution in [0.4, 0.5) is 5.82 Å². The van der Waals surface area contributed by atoms with E-state index in [9.17, 15) is 14.7 Å². The van der Waals surface area contributed by atoms with E-state index in [0.29, 0.717) is 18.4 Å². The van der Waals surface area contributed by atoms with Crippen molar-refractivity contribution < 1.29 is 14.6 Å². The van der Waals surface area contributed by atoms with Gasteiger partial charge < -0.3 is 15.6 Å². The maximum absolute atomic E-state index is 12.2. The summed E-state index contributed by atoms with van der Waals surface area (Å²) in [7, 11) is 0. The normalized spacial score (nSPS) is 23.1. The molecule has 1 heterocycles. The van der Waals surface area contributed by atoms with Gasteiger partial charge in [0.2, 0.25) is 0 Å². The lowest BCUT2D eigenvalue weighted by atomic mass is 10.1. The molecule has 1 aliphatic rings. The van der Waals surface area contributed by atoms with Crippen molar-refractivity contribution in [3.05, 3.63) is 58.6 Å². The number of ether oxygens (including phenoxy) is 1. The summed E-state index contributed by atoms with van der Waals surface area (Å²) in [5, 5.41) is 9.58. The van der Waals surface area contributed by atoms with Gasteiger partial charge in [0.05, 0.1) is 5.56 Å². The first-order valence-electron chi connectivity index (χ1n) is 7.80. The third-order valence-corrected chi connectivity index (χ3v) is 4.35. The van der Waals surface area contributed by atoms with Crippen molar-refractivity contribution in [2.75, 3.05) is 12.3 Å². The van der Waals surface area contributed by atoms with Crippen LogP contribution in [0, 0.1) is 5.92 Å². The van der Waals surface area contributed by atoms with Gasteiger partial charge in [-0.05, 0) is 24.6 Å². The first kappa shape index (κ1) is 16.2. The van der Waals surface area contributed by atoms with Gasteiger partial charge in [-0.2, -0.15) is 4.98 Å². The molecule has 1 aliphatic carbocycles. The molecule has 7 nitrogen and oxygen atoms in total. The highest BCUT2D eigenvalue weighted by Gasteiger charge is 2.38. The van der Waals surface area contributed by atoms with Gasteiger partial charge in [0.15, 0.2) is 0 Å². The second kappa shape index (κ2) is 6.84. The predicted molar refractivity (Wildman–Crippen MR) is 87.4 cm³/mol. The molecule has 1 fully saturated rings. The van der Waals surface area contributed by atoms with E-state index in [-0.39, 0.29) is 24.4 Å². The Labute approximate surface area is 138 Å². The third-order valence-electron chi connectivity index (χ3n) is 4.35. The molecule has 24 heavy (non-hydrogen) atoms. The molecule has 1 aromatic carbocycles. The zero-order chi connectivity index (χ0) is 17.1. The monoisotopic (exact) mass is 329 g/mol. The Bertz CT molecular complexity index is 775. The van der Waals surface area contributed by atoms with Crippen molar-refractivity contribution in [3.63, 3.8) is 0 Å². The summed E-state index contributed by atoms with van der Waals surface area (Å²) in [4.78, 5) is 27.9. The summed E-state index contributed by atoms with van der Waals surface area (Å²) < 4.78 is 7.04. The lowest BCUT2D eigenvalue weighted by Crippen LogP contribution is -2.26. The van der Waals surface area contributed by atoms with Crippen LogP contribution in [-0.2, 0) is 4.74 Å². The fourth-order valence-electron chi connectivity index (χ4n) is 3.11. The molecule has 0 radical (unpaired) electrons. The number of anilines is 1. The molecule has 3 atom stereocenters. The molecule has 0 saturated heterocycles. The highest BCUT2D eigenvalue weighted by Crippen LogP contribution is 2.36. The van der Waals surface area contributed by atoms with Gasteiger partial charge in [-0.25, -0.2) is 9.59 Å². The van der Waals surface area contributed by atoms with E-state index >= 15 is 0 Å². The molecule has 3 N–H and O–H groups in total. The van der Waals surface area contributed by atoms with Gasteiger partial charge in [-0.15, -0.1) is 0 Å². The summed E-state index contributed by atoms with van der Waals surface area (Å²) in [6.07, 6.45) is 2.13. The molecule has 0 amide bonds. The van der Waals surface area contributed by atoms with Crippen LogP contribution in [-0.4, -0.2) is 33.3 Å². The Morgan fingerprint density at radius 3 is 2.71 bits per heavy atom. The van der Waals surface area contributed by atoms with E-state index in [2.05, 4.69) is 4.98 Å². The highest BCUT2D eigenvalue weighted by molar-refractivity contribution is 5.89. The van der Waals surface area contributed by atoms with E-state index in [1.165, 1.54) is 4.57 Å². The Morgan fingerprint density at radius 2 is 2.04 bits per heavy atom. The summed E-state index contributed by atoms with van der Waals surface area (Å²) in [5.74, 6) is -0.477. The minimum atomic E-state index is -0.447. The topological polar surface area (TPSA) is 107 Å². The number of nitrogens with two attached hydrogens (primary N) is 1. The second-order valence-corrected chi connectivity index (χ2v) is 5.92. The quantitative estimate of drug-likeness (QED) is 0.810. The van der Waals surface area contributed by atoms with Gasteiger partial charge in [-0.1, -0.05) is 18.2 Å². The van der Waals surface area contributed by atoms with E-state index in [4.69, 9.17) is 10.5 Å². The average Bonchev–Trinajstić information content (AvgIpc) is 2.98. The number of hydrogen-bond acceptors (Lipinski definition) is 6. The smallest absolute Gasteiger partial charge is 0.349 e. The number of aliphatic hydroxyl groups excluding tert-OH is 1. The molecular formula is C17H19N3O4. The number of esters is 1. The van der Waals surface area contributed by atoms with E-state index < -0.39 is 17.8 Å². The molecule has 126 valence electrons. The second-order valence-electron chi connectivity index (χ2n) is 5.92. The van der Waals surface area contributed by atoms with Crippen LogP contribution in [0.3, 0.4) is 0 Å². The van der Waals surface area contributed by atoms with Crippen LogP contribution in [0.2, 0.25) is 0 Å². The number of rotatable bonds is 4. The number of carbonyl (C=O) groups excluding carboxylic acids is 1. The van der Waals surface area contributed by atoms with E-state index in [1.54, 1.807) is 36.5 Å². The van der Waals surface area contributed by atoms with Crippen molar-refractivity contribution in [2.45, 2.75) is 25.0 Å². The Morgan fingerprint density at radius 1 is 1.29 bits per heavy atom. The number of aliphatic hydroxyl groups is 1. The number of aromatic nitrogens is 2. The van der Waals surface area contributed by atoms with Crippen molar-refractivity contribution in [3.8, 4) is 0 Å². The number of hydrogen-bond donors (Lipinski definition) is 2. The summed E-state index contributed by atoms with van der Waals surface area (Å²) in [6, 6.07) is 10.1. The number of benzene rings is 1. The molecule has 0 unspecified atom stereocenters. The SMILES string of the molecule is Nc1ccn([C@H]2C[C@@H](CO)[C@H](OC(=O)c3ccccc3)C2)c(=O)n1. The summed E-state index contributed by atoms with van der Waals surface area (Å²) in [6.45, 7) is -0.111. The van der Waals surface area contributed by atoms with Crippen LogP contribution >= 0.6 is 0 Å². The van der Waals surface area contributed by atoms with E-state index in [0.717, 1.165) is 0 Å². The van der Waals surface area contributed by atoms with Crippen LogP contribution in [0.5, 0.6) is 0 Å². The maximum Gasteiger partial charge on any atom is 0.349 e. The molecule has 0 aliphatic heterocycles. The molecule has 2 aromatic rings. The number of nitrogen functional groups attached to an aromatic ring is 1. The average molecular weight is 329 g/mol. The largest absolute Gasteiger partial charge is 0.458 e. The van der Waals surface area contributed by atoms with Crippen LogP contribution in [0.25, 0.3) is 0 Å². The third kappa shape index (κ3) is 3.30. The minimum absolute atomic E-state index is 0.111.